The first-order valence-electron chi connectivity index (χ1n) is 9.44. The van der Waals surface area contributed by atoms with Crippen LogP contribution in [0.3, 0.4) is 0 Å². The molecule has 8 heteroatoms. The molecule has 0 aliphatic rings. The fourth-order valence-corrected chi connectivity index (χ4v) is 4.39. The first kappa shape index (κ1) is 24.4. The highest BCUT2D eigenvalue weighted by Gasteiger charge is 2.38. The van der Waals surface area contributed by atoms with E-state index in [1.54, 1.807) is 13.8 Å². The number of hydrogen-bond donors (Lipinski definition) is 3. The average Bonchev–Trinajstić information content (AvgIpc) is 2.63. The first-order chi connectivity index (χ1) is 13.2. The Labute approximate surface area is 177 Å². The Morgan fingerprint density at radius 3 is 2.36 bits per heavy atom. The summed E-state index contributed by atoms with van der Waals surface area (Å²) < 4.78 is -0.280. The lowest BCUT2D eigenvalue weighted by Crippen LogP contribution is -2.53. The van der Waals surface area contributed by atoms with Crippen molar-refractivity contribution in [3.63, 3.8) is 0 Å². The Kier molecular flexibility index (Phi) is 10.5. The monoisotopic (exact) mass is 425 g/mol. The predicted octanol–water partition coefficient (Wildman–Crippen LogP) is 2.53. The number of carbonyl (C=O) groups is 2. The molecule has 6 nitrogen and oxygen atoms in total. The van der Waals surface area contributed by atoms with E-state index in [-0.39, 0.29) is 12.3 Å². The summed E-state index contributed by atoms with van der Waals surface area (Å²) in [5.74, 6) is -1.41. The second-order valence-electron chi connectivity index (χ2n) is 6.95. The lowest BCUT2D eigenvalue weighted by atomic mass is 10.0. The van der Waals surface area contributed by atoms with Gasteiger partial charge in [0.2, 0.25) is 5.91 Å². The van der Waals surface area contributed by atoms with E-state index >= 15 is 0 Å². The van der Waals surface area contributed by atoms with Gasteiger partial charge in [-0.05, 0) is 32.5 Å². The highest BCUT2D eigenvalue weighted by Crippen LogP contribution is 2.29. The molecule has 1 aromatic carbocycles. The number of thioether (sulfide) groups is 1. The number of aliphatic carboxylic acids is 1. The number of carboxylic acid groups (broad SMARTS) is 1. The fraction of sp³-hybridized carbons (Fsp3) is 0.550. The van der Waals surface area contributed by atoms with Crippen LogP contribution < -0.4 is 10.6 Å². The third-order valence-corrected chi connectivity index (χ3v) is 5.89. The molecular weight excluding hydrogens is 394 g/mol. The Hall–Kier alpha value is -1.64. The van der Waals surface area contributed by atoms with Crippen molar-refractivity contribution in [3.05, 3.63) is 35.9 Å². The molecule has 1 atom stereocenters. The number of nitrogens with one attached hydrogen (secondary N) is 2. The third-order valence-electron chi connectivity index (χ3n) is 4.40. The molecule has 0 radical (unpaired) electrons. The van der Waals surface area contributed by atoms with Gasteiger partial charge in [0.05, 0.1) is 6.42 Å². The summed E-state index contributed by atoms with van der Waals surface area (Å²) in [6.45, 7) is 11.3. The second-order valence-corrected chi connectivity index (χ2v) is 9.28. The largest absolute Gasteiger partial charge is 0.480 e. The van der Waals surface area contributed by atoms with Crippen molar-refractivity contribution in [2.24, 2.45) is 0 Å². The van der Waals surface area contributed by atoms with Crippen LogP contribution in [0.25, 0.3) is 0 Å². The van der Waals surface area contributed by atoms with Crippen LogP contribution in [0.15, 0.2) is 30.3 Å². The SMILES string of the molecule is CCN(CC)CCNC(=S)SC(C)(C)[C@H](NC(=O)Cc1ccccc1)C(=O)O. The molecular formula is C20H31N3O3S2. The summed E-state index contributed by atoms with van der Waals surface area (Å²) >= 11 is 6.64. The number of benzene rings is 1. The highest BCUT2D eigenvalue weighted by atomic mass is 32.2. The lowest BCUT2D eigenvalue weighted by Gasteiger charge is -2.31. The van der Waals surface area contributed by atoms with Crippen molar-refractivity contribution in [1.82, 2.24) is 15.5 Å². The van der Waals surface area contributed by atoms with Crippen LogP contribution in [-0.2, 0) is 16.0 Å². The molecule has 0 heterocycles. The Balaban J connectivity index is 2.62. The minimum Gasteiger partial charge on any atom is -0.480 e. The van der Waals surface area contributed by atoms with Crippen LogP contribution >= 0.6 is 24.0 Å². The van der Waals surface area contributed by atoms with Gasteiger partial charge >= 0.3 is 5.97 Å². The van der Waals surface area contributed by atoms with Crippen molar-refractivity contribution in [2.75, 3.05) is 26.2 Å². The molecule has 1 amide bonds. The Bertz CT molecular complexity index is 649. The van der Waals surface area contributed by atoms with Gasteiger partial charge in [0, 0.05) is 17.8 Å². The molecule has 0 bridgehead atoms. The molecule has 0 aliphatic heterocycles. The van der Waals surface area contributed by atoms with Crippen molar-refractivity contribution in [2.45, 2.75) is 44.9 Å². The summed E-state index contributed by atoms with van der Waals surface area (Å²) in [5, 5.41) is 15.5. The van der Waals surface area contributed by atoms with Crippen LogP contribution in [0.5, 0.6) is 0 Å². The van der Waals surface area contributed by atoms with E-state index in [1.165, 1.54) is 11.8 Å². The maximum absolute atomic E-state index is 12.3. The van der Waals surface area contributed by atoms with Gasteiger partial charge in [0.1, 0.15) is 10.4 Å². The molecule has 0 aromatic heterocycles. The number of carboxylic acids is 1. The van der Waals surface area contributed by atoms with Gasteiger partial charge in [-0.15, -0.1) is 0 Å². The average molecular weight is 426 g/mol. The minimum atomic E-state index is -1.08. The predicted molar refractivity (Wildman–Crippen MR) is 120 cm³/mol. The molecule has 0 saturated heterocycles. The second kappa shape index (κ2) is 12.0. The van der Waals surface area contributed by atoms with Crippen molar-refractivity contribution in [3.8, 4) is 0 Å². The number of hydrogen-bond acceptors (Lipinski definition) is 5. The van der Waals surface area contributed by atoms with E-state index in [0.29, 0.717) is 10.9 Å². The molecule has 0 saturated carbocycles. The van der Waals surface area contributed by atoms with Crippen LogP contribution in [0.1, 0.15) is 33.3 Å². The Morgan fingerprint density at radius 2 is 1.82 bits per heavy atom. The van der Waals surface area contributed by atoms with E-state index in [0.717, 1.165) is 25.2 Å². The molecule has 1 aromatic rings. The van der Waals surface area contributed by atoms with Gasteiger partial charge in [-0.3, -0.25) is 4.79 Å². The third kappa shape index (κ3) is 8.58. The normalized spacial score (nSPS) is 12.5. The van der Waals surface area contributed by atoms with Crippen LogP contribution in [0, 0.1) is 0 Å². The van der Waals surface area contributed by atoms with Crippen molar-refractivity contribution < 1.29 is 14.7 Å². The van der Waals surface area contributed by atoms with E-state index in [1.807, 2.05) is 30.3 Å². The minimum absolute atomic E-state index is 0.137. The van der Waals surface area contributed by atoms with Crippen LogP contribution in [0.4, 0.5) is 0 Å². The maximum Gasteiger partial charge on any atom is 0.327 e. The maximum atomic E-state index is 12.3. The number of likely N-dealkylation sites (N-methyl/N-ethyl adjacent to an activating group) is 1. The van der Waals surface area contributed by atoms with Crippen molar-refractivity contribution >= 4 is 40.2 Å². The standard InChI is InChI=1S/C20H31N3O3S2/c1-5-23(6-2)13-12-21-19(27)28-20(3,4)17(18(25)26)22-16(24)14-15-10-8-7-9-11-15/h7-11,17H,5-6,12-14H2,1-4H3,(H,21,27)(H,22,24)(H,25,26)/t17-/m1/s1. The number of rotatable bonds is 11. The number of thiocarbonyl (C=S) groups is 1. The zero-order chi connectivity index (χ0) is 21.2. The van der Waals surface area contributed by atoms with Gasteiger partial charge in [-0.1, -0.05) is 68.2 Å². The molecule has 0 unspecified atom stereocenters. The zero-order valence-corrected chi connectivity index (χ0v) is 18.7. The van der Waals surface area contributed by atoms with E-state index in [2.05, 4.69) is 29.4 Å². The van der Waals surface area contributed by atoms with E-state index in [9.17, 15) is 14.7 Å². The van der Waals surface area contributed by atoms with Gasteiger partial charge in [0.25, 0.3) is 0 Å². The molecule has 3 N–H and O–H groups in total. The summed E-state index contributed by atoms with van der Waals surface area (Å²) in [6, 6.07) is 8.18. The molecule has 156 valence electrons. The van der Waals surface area contributed by atoms with E-state index < -0.39 is 16.8 Å². The molecule has 1 rings (SSSR count). The van der Waals surface area contributed by atoms with E-state index in [4.69, 9.17) is 12.2 Å². The fourth-order valence-electron chi connectivity index (χ4n) is 2.72. The van der Waals surface area contributed by atoms with Crippen LogP contribution in [0.2, 0.25) is 0 Å². The number of carbonyl (C=O) groups excluding carboxylic acids is 1. The van der Waals surface area contributed by atoms with Crippen molar-refractivity contribution in [1.29, 1.82) is 0 Å². The topological polar surface area (TPSA) is 81.7 Å². The summed E-state index contributed by atoms with van der Waals surface area (Å²) in [5.41, 5.74) is 0.836. The number of nitrogens with zero attached hydrogens (tertiary/aromatic N) is 1. The molecule has 0 fully saturated rings. The highest BCUT2D eigenvalue weighted by molar-refractivity contribution is 8.23. The molecule has 0 aliphatic carbocycles. The Morgan fingerprint density at radius 1 is 1.21 bits per heavy atom. The van der Waals surface area contributed by atoms with Crippen LogP contribution in [-0.4, -0.2) is 63.2 Å². The first-order valence-corrected chi connectivity index (χ1v) is 10.7. The number of amides is 1. The summed E-state index contributed by atoms with van der Waals surface area (Å²) in [6.07, 6.45) is 0.137. The summed E-state index contributed by atoms with van der Waals surface area (Å²) in [7, 11) is 0. The molecule has 28 heavy (non-hydrogen) atoms. The smallest absolute Gasteiger partial charge is 0.327 e. The molecule has 0 spiro atoms. The van der Waals surface area contributed by atoms with Gasteiger partial charge < -0.3 is 20.6 Å². The lowest BCUT2D eigenvalue weighted by molar-refractivity contribution is -0.142. The van der Waals surface area contributed by atoms with Gasteiger partial charge in [-0.2, -0.15) is 0 Å². The van der Waals surface area contributed by atoms with Gasteiger partial charge in [0.15, 0.2) is 0 Å². The summed E-state index contributed by atoms with van der Waals surface area (Å²) in [4.78, 5) is 26.4. The zero-order valence-electron chi connectivity index (χ0n) is 17.0. The quantitative estimate of drug-likeness (QED) is 0.470. The van der Waals surface area contributed by atoms with Gasteiger partial charge in [-0.25, -0.2) is 4.79 Å².